The van der Waals surface area contributed by atoms with Crippen molar-refractivity contribution in [2.75, 3.05) is 0 Å². The predicted octanol–water partition coefficient (Wildman–Crippen LogP) is 4.36. The summed E-state index contributed by atoms with van der Waals surface area (Å²) >= 11 is 0. The maximum absolute atomic E-state index is 14.1. The number of aliphatic imine (C=N–C) groups is 2. The Kier molecular flexibility index (Phi) is 3.39. The Hall–Kier alpha value is -2.82. The number of aryl methyl sites for hydroxylation is 1. The van der Waals surface area contributed by atoms with Crippen molar-refractivity contribution in [1.29, 1.82) is 0 Å². The summed E-state index contributed by atoms with van der Waals surface area (Å²) in [5.41, 5.74) is 6.80. The van der Waals surface area contributed by atoms with Crippen LogP contribution in [0.5, 0.6) is 0 Å². The van der Waals surface area contributed by atoms with Gasteiger partial charge in [-0.3, -0.25) is 4.68 Å². The Balaban J connectivity index is 1.55. The van der Waals surface area contributed by atoms with Crippen LogP contribution in [0.2, 0.25) is 0 Å². The van der Waals surface area contributed by atoms with Crippen molar-refractivity contribution in [3.8, 4) is 0 Å². The second-order valence-corrected chi connectivity index (χ2v) is 8.05. The lowest BCUT2D eigenvalue weighted by Crippen LogP contribution is -2.14. The summed E-state index contributed by atoms with van der Waals surface area (Å²) in [6, 6.07) is 6.85. The average molecular weight is 360 g/mol. The second-order valence-electron chi connectivity index (χ2n) is 8.05. The number of hydrogen-bond acceptors (Lipinski definition) is 3. The first-order valence-electron chi connectivity index (χ1n) is 9.34. The Bertz CT molecular complexity index is 1100. The molecule has 1 aromatic carbocycles. The Morgan fingerprint density at radius 1 is 1.15 bits per heavy atom. The summed E-state index contributed by atoms with van der Waals surface area (Å²) in [5, 5.41) is 4.76. The van der Waals surface area contributed by atoms with Gasteiger partial charge in [0.25, 0.3) is 0 Å². The number of rotatable bonds is 2. The van der Waals surface area contributed by atoms with Crippen LogP contribution >= 0.6 is 0 Å². The third kappa shape index (κ3) is 2.45. The van der Waals surface area contributed by atoms with E-state index in [0.717, 1.165) is 47.0 Å². The minimum absolute atomic E-state index is 0.100. The van der Waals surface area contributed by atoms with Gasteiger partial charge in [-0.15, -0.1) is 0 Å². The molecule has 0 amide bonds. The molecule has 2 aromatic rings. The SMILES string of the molecule is Cn1nc2c(c1C1=NC3=CC(c4ccccc4F)=CCC3=N1)CCC2(C)C. The third-order valence-corrected chi connectivity index (χ3v) is 5.75. The molecular formula is C22H21FN4. The van der Waals surface area contributed by atoms with Crippen molar-refractivity contribution < 1.29 is 4.39 Å². The molecule has 0 unspecified atom stereocenters. The average Bonchev–Trinajstić information content (AvgIpc) is 3.27. The summed E-state index contributed by atoms with van der Waals surface area (Å²) in [4.78, 5) is 9.58. The maximum atomic E-state index is 14.1. The van der Waals surface area contributed by atoms with E-state index >= 15 is 0 Å². The summed E-state index contributed by atoms with van der Waals surface area (Å²) in [7, 11) is 1.96. The molecule has 0 atom stereocenters. The lowest BCUT2D eigenvalue weighted by atomic mass is 9.91. The molecule has 136 valence electrons. The van der Waals surface area contributed by atoms with Gasteiger partial charge in [0, 0.05) is 30.0 Å². The van der Waals surface area contributed by atoms with E-state index in [-0.39, 0.29) is 11.2 Å². The van der Waals surface area contributed by atoms with Gasteiger partial charge in [-0.25, -0.2) is 14.4 Å². The van der Waals surface area contributed by atoms with Crippen molar-refractivity contribution in [3.63, 3.8) is 0 Å². The topological polar surface area (TPSA) is 42.5 Å². The van der Waals surface area contributed by atoms with E-state index in [9.17, 15) is 4.39 Å². The van der Waals surface area contributed by atoms with E-state index in [1.54, 1.807) is 12.1 Å². The summed E-state index contributed by atoms with van der Waals surface area (Å²) < 4.78 is 16.1. The molecule has 3 aliphatic rings. The number of aromatic nitrogens is 2. The van der Waals surface area contributed by atoms with Crippen molar-refractivity contribution in [2.45, 2.75) is 38.5 Å². The normalized spacial score (nSPS) is 19.9. The van der Waals surface area contributed by atoms with E-state index < -0.39 is 0 Å². The number of halogens is 1. The Morgan fingerprint density at radius 2 is 1.96 bits per heavy atom. The zero-order valence-corrected chi connectivity index (χ0v) is 15.8. The number of hydrogen-bond donors (Lipinski definition) is 0. The van der Waals surface area contributed by atoms with E-state index in [2.05, 4.69) is 13.8 Å². The van der Waals surface area contributed by atoms with Gasteiger partial charge < -0.3 is 0 Å². The van der Waals surface area contributed by atoms with Gasteiger partial charge in [-0.1, -0.05) is 38.1 Å². The summed E-state index contributed by atoms with van der Waals surface area (Å²) in [5.74, 6) is 0.517. The van der Waals surface area contributed by atoms with Gasteiger partial charge >= 0.3 is 0 Å². The highest BCUT2D eigenvalue weighted by Gasteiger charge is 2.37. The largest absolute Gasteiger partial charge is 0.264 e. The lowest BCUT2D eigenvalue weighted by Gasteiger charge is -2.15. The van der Waals surface area contributed by atoms with Gasteiger partial charge in [-0.05, 0) is 30.6 Å². The summed E-state index contributed by atoms with van der Waals surface area (Å²) in [6.07, 6.45) is 6.73. The lowest BCUT2D eigenvalue weighted by molar-refractivity contribution is 0.493. The van der Waals surface area contributed by atoms with E-state index in [0.29, 0.717) is 12.0 Å². The number of nitrogens with zero attached hydrogens (tertiary/aromatic N) is 4. The van der Waals surface area contributed by atoms with Gasteiger partial charge in [-0.2, -0.15) is 5.10 Å². The van der Waals surface area contributed by atoms with Crippen LogP contribution in [0.15, 0.2) is 52.1 Å². The van der Waals surface area contributed by atoms with Crippen LogP contribution in [-0.2, 0) is 18.9 Å². The number of amidine groups is 1. The van der Waals surface area contributed by atoms with Gasteiger partial charge in [0.1, 0.15) is 11.5 Å². The van der Waals surface area contributed by atoms with Crippen molar-refractivity contribution >= 4 is 17.1 Å². The van der Waals surface area contributed by atoms with Gasteiger partial charge in [0.2, 0.25) is 0 Å². The van der Waals surface area contributed by atoms with Crippen LogP contribution in [0.1, 0.15) is 49.2 Å². The second kappa shape index (κ2) is 5.59. The highest BCUT2D eigenvalue weighted by atomic mass is 19.1. The molecule has 2 heterocycles. The van der Waals surface area contributed by atoms with Crippen molar-refractivity contribution in [1.82, 2.24) is 9.78 Å². The number of fused-ring (bicyclic) bond motifs is 2. The first-order valence-corrected chi connectivity index (χ1v) is 9.34. The van der Waals surface area contributed by atoms with Gasteiger partial charge in [0.05, 0.1) is 17.1 Å². The number of allylic oxidation sites excluding steroid dienone is 4. The van der Waals surface area contributed by atoms with Crippen LogP contribution < -0.4 is 0 Å². The minimum atomic E-state index is -0.213. The fourth-order valence-electron chi connectivity index (χ4n) is 4.24. The molecule has 5 rings (SSSR count). The molecule has 5 heteroatoms. The van der Waals surface area contributed by atoms with Crippen LogP contribution in [0.3, 0.4) is 0 Å². The fraction of sp³-hybridized carbons (Fsp3) is 0.318. The summed E-state index contributed by atoms with van der Waals surface area (Å²) in [6.45, 7) is 4.48. The molecule has 2 aliphatic carbocycles. The zero-order valence-electron chi connectivity index (χ0n) is 15.8. The molecule has 0 N–H and O–H groups in total. The molecule has 0 radical (unpaired) electrons. The van der Waals surface area contributed by atoms with Crippen LogP contribution in [0, 0.1) is 5.82 Å². The molecule has 0 saturated carbocycles. The van der Waals surface area contributed by atoms with E-state index in [1.807, 2.05) is 29.9 Å². The predicted molar refractivity (Wildman–Crippen MR) is 106 cm³/mol. The molecule has 4 nitrogen and oxygen atoms in total. The molecule has 0 spiro atoms. The first-order chi connectivity index (χ1) is 12.9. The van der Waals surface area contributed by atoms with Crippen molar-refractivity contribution in [3.05, 3.63) is 70.4 Å². The molecule has 0 saturated heterocycles. The molecule has 0 bridgehead atoms. The smallest absolute Gasteiger partial charge is 0.179 e. The quantitative estimate of drug-likeness (QED) is 0.785. The van der Waals surface area contributed by atoms with E-state index in [4.69, 9.17) is 15.1 Å². The molecule has 1 aliphatic heterocycles. The first kappa shape index (κ1) is 16.4. The Morgan fingerprint density at radius 3 is 2.78 bits per heavy atom. The monoisotopic (exact) mass is 360 g/mol. The number of benzene rings is 1. The van der Waals surface area contributed by atoms with E-state index in [1.165, 1.54) is 11.6 Å². The third-order valence-electron chi connectivity index (χ3n) is 5.75. The molecule has 1 aromatic heterocycles. The van der Waals surface area contributed by atoms with Crippen molar-refractivity contribution in [2.24, 2.45) is 17.0 Å². The highest BCUT2D eigenvalue weighted by molar-refractivity contribution is 6.20. The molecule has 27 heavy (non-hydrogen) atoms. The van der Waals surface area contributed by atoms with Crippen LogP contribution in [0.4, 0.5) is 4.39 Å². The fourth-order valence-corrected chi connectivity index (χ4v) is 4.24. The minimum Gasteiger partial charge on any atom is -0.264 e. The van der Waals surface area contributed by atoms with Crippen LogP contribution in [0.25, 0.3) is 5.57 Å². The Labute approximate surface area is 157 Å². The van der Waals surface area contributed by atoms with Gasteiger partial charge in [0.15, 0.2) is 5.84 Å². The maximum Gasteiger partial charge on any atom is 0.179 e. The molecule has 0 fully saturated rings. The highest BCUT2D eigenvalue weighted by Crippen LogP contribution is 2.40. The van der Waals surface area contributed by atoms with Crippen LogP contribution in [-0.4, -0.2) is 21.3 Å². The zero-order chi connectivity index (χ0) is 18.8. The molecular weight excluding hydrogens is 339 g/mol. The standard InChI is InChI=1S/C22H21FN4/c1-22(2)11-10-15-19(27(3)26-20(15)22)21-24-17-9-8-13(12-18(17)25-21)14-6-4-5-7-16(14)23/h4-8,12H,9-11H2,1-3H3.